The Kier molecular flexibility index (Phi) is 7.26. The van der Waals surface area contributed by atoms with E-state index in [4.69, 9.17) is 9.47 Å². The Morgan fingerprint density at radius 3 is 2.75 bits per heavy atom. The number of aliphatic hydroxyl groups is 1. The van der Waals surface area contributed by atoms with Gasteiger partial charge in [-0.15, -0.1) is 0 Å². The molecule has 20 heavy (non-hydrogen) atoms. The first-order valence-electron chi connectivity index (χ1n) is 6.92. The second kappa shape index (κ2) is 8.72. The molecule has 1 rings (SSSR count). The quantitative estimate of drug-likeness (QED) is 0.592. The zero-order valence-corrected chi connectivity index (χ0v) is 12.4. The fourth-order valence-electron chi connectivity index (χ4n) is 2.06. The lowest BCUT2D eigenvalue weighted by Crippen LogP contribution is -2.31. The first-order valence-corrected chi connectivity index (χ1v) is 6.92. The number of hydrogen-bond acceptors (Lipinski definition) is 4. The molecular formula is C16H24O4. The summed E-state index contributed by atoms with van der Waals surface area (Å²) in [4.78, 5) is 11.4. The smallest absolute Gasteiger partial charge is 0.330 e. The molecule has 0 bridgehead atoms. The lowest BCUT2D eigenvalue weighted by Gasteiger charge is -2.23. The van der Waals surface area contributed by atoms with Crippen LogP contribution in [0.15, 0.2) is 36.0 Å². The number of ether oxygens (including phenoxy) is 2. The summed E-state index contributed by atoms with van der Waals surface area (Å²) < 4.78 is 10.4. The third-order valence-electron chi connectivity index (χ3n) is 3.22. The Morgan fingerprint density at radius 2 is 2.05 bits per heavy atom. The highest BCUT2D eigenvalue weighted by atomic mass is 16.5. The molecular weight excluding hydrogens is 256 g/mol. The first kappa shape index (κ1) is 16.7. The second-order valence-corrected chi connectivity index (χ2v) is 5.08. The molecule has 1 aliphatic heterocycles. The molecule has 0 aliphatic carbocycles. The van der Waals surface area contributed by atoms with Crippen LogP contribution in [0.25, 0.3) is 0 Å². The maximum absolute atomic E-state index is 11.4. The van der Waals surface area contributed by atoms with Crippen molar-refractivity contribution in [2.45, 2.75) is 38.9 Å². The highest BCUT2D eigenvalue weighted by molar-refractivity contribution is 5.81. The average Bonchev–Trinajstić information content (AvgIpc) is 2.43. The van der Waals surface area contributed by atoms with Gasteiger partial charge in [0, 0.05) is 19.1 Å². The highest BCUT2D eigenvalue weighted by Gasteiger charge is 2.21. The summed E-state index contributed by atoms with van der Waals surface area (Å²) in [6, 6.07) is 0. The number of carbonyl (C=O) groups is 1. The van der Waals surface area contributed by atoms with Gasteiger partial charge in [-0.2, -0.15) is 0 Å². The molecule has 0 unspecified atom stereocenters. The van der Waals surface area contributed by atoms with E-state index in [1.54, 1.807) is 13.2 Å². The summed E-state index contributed by atoms with van der Waals surface area (Å²) in [6.45, 7) is 4.04. The predicted octanol–water partition coefficient (Wildman–Crippen LogP) is 2.39. The molecule has 0 aromatic carbocycles. The van der Waals surface area contributed by atoms with Crippen LogP contribution in [0.3, 0.4) is 0 Å². The number of allylic oxidation sites excluding steroid dienone is 2. The van der Waals surface area contributed by atoms with E-state index in [-0.39, 0.29) is 24.6 Å². The van der Waals surface area contributed by atoms with E-state index in [1.165, 1.54) is 6.08 Å². The van der Waals surface area contributed by atoms with Gasteiger partial charge in [-0.1, -0.05) is 31.2 Å². The van der Waals surface area contributed by atoms with E-state index in [9.17, 15) is 9.90 Å². The molecule has 0 aromatic heterocycles. The number of cyclic esters (lactones) is 1. The van der Waals surface area contributed by atoms with Gasteiger partial charge < -0.3 is 14.6 Å². The topological polar surface area (TPSA) is 55.8 Å². The standard InChI is InChI=1S/C16H24O4/c1-12-10-13(2)16(18)14(19-3)8-6-4-5-7-9-15(17)20-11-12/h6-10,13-14,16,18H,4-5,11H2,1-3H3/b8-6+,9-7+,12-10-/t13-,14-,16+/m0/s1. The van der Waals surface area contributed by atoms with Crippen molar-refractivity contribution in [3.05, 3.63) is 36.0 Å². The van der Waals surface area contributed by atoms with Crippen molar-refractivity contribution >= 4 is 5.97 Å². The van der Waals surface area contributed by atoms with Gasteiger partial charge in [0.2, 0.25) is 0 Å². The van der Waals surface area contributed by atoms with Crippen LogP contribution >= 0.6 is 0 Å². The Balaban J connectivity index is 2.86. The van der Waals surface area contributed by atoms with E-state index >= 15 is 0 Å². The van der Waals surface area contributed by atoms with Gasteiger partial charge in [-0.25, -0.2) is 4.79 Å². The molecule has 112 valence electrons. The molecule has 0 fully saturated rings. The normalized spacial score (nSPS) is 35.3. The van der Waals surface area contributed by atoms with Gasteiger partial charge in [0.05, 0.1) is 6.10 Å². The highest BCUT2D eigenvalue weighted by Crippen LogP contribution is 2.15. The SMILES string of the molecule is CO[C@H]1/C=C/CC/C=C/C(=O)OC/C(C)=C\[C@H](C)[C@H]1O. The summed E-state index contributed by atoms with van der Waals surface area (Å²) in [7, 11) is 1.59. The van der Waals surface area contributed by atoms with Gasteiger partial charge in [0.25, 0.3) is 0 Å². The molecule has 0 amide bonds. The number of carbonyl (C=O) groups excluding carboxylic acids is 1. The van der Waals surface area contributed by atoms with Crippen molar-refractivity contribution in [1.82, 2.24) is 0 Å². The molecule has 4 nitrogen and oxygen atoms in total. The van der Waals surface area contributed by atoms with E-state index in [1.807, 2.05) is 32.1 Å². The number of hydrogen-bond donors (Lipinski definition) is 1. The molecule has 0 radical (unpaired) electrons. The van der Waals surface area contributed by atoms with Crippen LogP contribution in [-0.4, -0.2) is 37.0 Å². The van der Waals surface area contributed by atoms with Gasteiger partial charge >= 0.3 is 5.97 Å². The van der Waals surface area contributed by atoms with E-state index in [0.29, 0.717) is 0 Å². The lowest BCUT2D eigenvalue weighted by molar-refractivity contribution is -0.136. The van der Waals surface area contributed by atoms with E-state index < -0.39 is 6.10 Å². The first-order chi connectivity index (χ1) is 9.54. The van der Waals surface area contributed by atoms with Gasteiger partial charge in [0.15, 0.2) is 0 Å². The van der Waals surface area contributed by atoms with Crippen LogP contribution in [0.1, 0.15) is 26.7 Å². The van der Waals surface area contributed by atoms with Crippen molar-refractivity contribution in [2.75, 3.05) is 13.7 Å². The summed E-state index contributed by atoms with van der Waals surface area (Å²) >= 11 is 0. The maximum Gasteiger partial charge on any atom is 0.330 e. The van der Waals surface area contributed by atoms with Crippen molar-refractivity contribution in [2.24, 2.45) is 5.92 Å². The molecule has 1 N–H and O–H groups in total. The minimum atomic E-state index is -0.625. The van der Waals surface area contributed by atoms with Crippen LogP contribution < -0.4 is 0 Å². The minimum absolute atomic E-state index is 0.0817. The van der Waals surface area contributed by atoms with Crippen LogP contribution in [0.4, 0.5) is 0 Å². The molecule has 0 saturated carbocycles. The van der Waals surface area contributed by atoms with Gasteiger partial charge in [0.1, 0.15) is 12.7 Å². The van der Waals surface area contributed by atoms with Crippen LogP contribution in [0.2, 0.25) is 0 Å². The molecule has 0 spiro atoms. The van der Waals surface area contributed by atoms with Gasteiger partial charge in [-0.05, 0) is 25.3 Å². The van der Waals surface area contributed by atoms with Crippen LogP contribution in [-0.2, 0) is 14.3 Å². The average molecular weight is 280 g/mol. The summed E-state index contributed by atoms with van der Waals surface area (Å²) in [5, 5.41) is 10.3. The fraction of sp³-hybridized carbons (Fsp3) is 0.562. The zero-order chi connectivity index (χ0) is 15.0. The number of rotatable bonds is 1. The third-order valence-corrected chi connectivity index (χ3v) is 3.22. The summed E-state index contributed by atoms with van der Waals surface area (Å²) in [5.74, 6) is -0.413. The lowest BCUT2D eigenvalue weighted by atomic mass is 9.96. The molecule has 1 aliphatic rings. The van der Waals surface area contributed by atoms with Crippen LogP contribution in [0.5, 0.6) is 0 Å². The van der Waals surface area contributed by atoms with Gasteiger partial charge in [-0.3, -0.25) is 0 Å². The Hall–Kier alpha value is -1.39. The second-order valence-electron chi connectivity index (χ2n) is 5.08. The van der Waals surface area contributed by atoms with E-state index in [0.717, 1.165) is 18.4 Å². The van der Waals surface area contributed by atoms with E-state index in [2.05, 4.69) is 0 Å². The molecule has 4 heteroatoms. The molecule has 3 atom stereocenters. The summed E-state index contributed by atoms with van der Waals surface area (Å²) in [6.07, 6.45) is 9.58. The minimum Gasteiger partial charge on any atom is -0.458 e. The zero-order valence-electron chi connectivity index (χ0n) is 12.4. The van der Waals surface area contributed by atoms with Crippen LogP contribution in [0, 0.1) is 5.92 Å². The third kappa shape index (κ3) is 5.72. The molecule has 0 aromatic rings. The number of aliphatic hydroxyl groups excluding tert-OH is 1. The predicted molar refractivity (Wildman–Crippen MR) is 78.2 cm³/mol. The van der Waals surface area contributed by atoms with Crippen molar-refractivity contribution in [3.8, 4) is 0 Å². The van der Waals surface area contributed by atoms with Crippen molar-refractivity contribution in [3.63, 3.8) is 0 Å². The summed E-state index contributed by atoms with van der Waals surface area (Å²) in [5.41, 5.74) is 0.911. The van der Waals surface area contributed by atoms with Crippen molar-refractivity contribution < 1.29 is 19.4 Å². The Bertz CT molecular complexity index is 395. The monoisotopic (exact) mass is 280 g/mol. The maximum atomic E-state index is 11.4. The number of methoxy groups -OCH3 is 1. The number of esters is 1. The molecule has 1 heterocycles. The Labute approximate surface area is 120 Å². The van der Waals surface area contributed by atoms with Crippen molar-refractivity contribution in [1.29, 1.82) is 0 Å². The Morgan fingerprint density at radius 1 is 1.35 bits per heavy atom. The largest absolute Gasteiger partial charge is 0.458 e. The molecule has 0 saturated heterocycles. The fourth-order valence-corrected chi connectivity index (χ4v) is 2.06.